The number of carbonyl (C=O) groups excluding carboxylic acids is 1. The Kier molecular flexibility index (Phi) is 5.78. The fourth-order valence-corrected chi connectivity index (χ4v) is 4.27. The Morgan fingerprint density at radius 3 is 2.67 bits per heavy atom. The summed E-state index contributed by atoms with van der Waals surface area (Å²) in [6.45, 7) is 1.91. The van der Waals surface area contributed by atoms with Gasteiger partial charge >= 0.3 is 0 Å². The van der Waals surface area contributed by atoms with E-state index in [0.29, 0.717) is 37.6 Å². The molecule has 9 nitrogen and oxygen atoms in total. The van der Waals surface area contributed by atoms with Gasteiger partial charge in [0.1, 0.15) is 6.33 Å². The molecule has 10 heteroatoms. The molecule has 0 aliphatic carbocycles. The first kappa shape index (κ1) is 19.7. The van der Waals surface area contributed by atoms with Crippen LogP contribution in [0, 0.1) is 0 Å². The number of amides is 1. The van der Waals surface area contributed by atoms with Crippen LogP contribution in [0.25, 0.3) is 5.65 Å². The van der Waals surface area contributed by atoms with E-state index in [4.69, 9.17) is 4.74 Å². The highest BCUT2D eigenvalue weighted by atomic mass is 32.2. The van der Waals surface area contributed by atoms with Gasteiger partial charge in [0.25, 0.3) is 5.91 Å². The Balaban J connectivity index is 1.83. The molecule has 0 bridgehead atoms. The van der Waals surface area contributed by atoms with Crippen LogP contribution in [0.15, 0.2) is 18.6 Å². The summed E-state index contributed by atoms with van der Waals surface area (Å²) < 4.78 is 31.8. The molecule has 2 aromatic heterocycles. The number of fused-ring (bicyclic) bond motifs is 1. The Morgan fingerprint density at radius 2 is 2.04 bits per heavy atom. The zero-order valence-corrected chi connectivity index (χ0v) is 16.6. The number of aromatic nitrogens is 3. The maximum absolute atomic E-state index is 12.6. The van der Waals surface area contributed by atoms with Gasteiger partial charge in [-0.2, -0.15) is 0 Å². The van der Waals surface area contributed by atoms with Crippen LogP contribution >= 0.6 is 0 Å². The highest BCUT2D eigenvalue weighted by Gasteiger charge is 2.28. The molecule has 0 atom stereocenters. The quantitative estimate of drug-likeness (QED) is 0.710. The van der Waals surface area contributed by atoms with Crippen LogP contribution in [0.5, 0.6) is 0 Å². The number of sulfonamides is 1. The summed E-state index contributed by atoms with van der Waals surface area (Å²) in [7, 11) is 0.139. The minimum Gasteiger partial charge on any atom is -0.383 e. The van der Waals surface area contributed by atoms with Gasteiger partial charge in [0.05, 0.1) is 12.9 Å². The van der Waals surface area contributed by atoms with Gasteiger partial charge in [0.2, 0.25) is 10.0 Å². The fraction of sp³-hybridized carbons (Fsp3) is 0.588. The van der Waals surface area contributed by atoms with Gasteiger partial charge < -0.3 is 9.64 Å². The lowest BCUT2D eigenvalue weighted by atomic mass is 9.94. The summed E-state index contributed by atoms with van der Waals surface area (Å²) in [5.41, 5.74) is 1.83. The number of nitrogens with zero attached hydrogens (tertiary/aromatic N) is 5. The molecule has 1 fully saturated rings. The number of piperidine rings is 1. The minimum absolute atomic E-state index is 0.192. The van der Waals surface area contributed by atoms with Crippen molar-refractivity contribution in [1.29, 1.82) is 0 Å². The molecule has 0 aromatic carbocycles. The number of imidazole rings is 1. The molecular formula is C17H25N5O4S. The molecule has 1 saturated heterocycles. The normalized spacial score (nSPS) is 16.7. The van der Waals surface area contributed by atoms with E-state index in [-0.39, 0.29) is 11.8 Å². The summed E-state index contributed by atoms with van der Waals surface area (Å²) in [6, 6.07) is 1.92. The number of hydrogen-bond acceptors (Lipinski definition) is 6. The van der Waals surface area contributed by atoms with Crippen molar-refractivity contribution in [3.63, 3.8) is 0 Å². The molecule has 3 heterocycles. The first-order chi connectivity index (χ1) is 12.8. The molecule has 1 amide bonds. The summed E-state index contributed by atoms with van der Waals surface area (Å²) >= 11 is 0. The van der Waals surface area contributed by atoms with Crippen LogP contribution in [0.2, 0.25) is 0 Å². The van der Waals surface area contributed by atoms with Gasteiger partial charge in [-0.05, 0) is 18.9 Å². The molecule has 0 N–H and O–H groups in total. The van der Waals surface area contributed by atoms with Crippen LogP contribution in [0.4, 0.5) is 0 Å². The third-order valence-corrected chi connectivity index (χ3v) is 6.29. The summed E-state index contributed by atoms with van der Waals surface area (Å²) in [5, 5.41) is 0. The zero-order chi connectivity index (χ0) is 19.6. The summed E-state index contributed by atoms with van der Waals surface area (Å²) in [6.07, 6.45) is 5.99. The number of hydrogen-bond donors (Lipinski definition) is 0. The van der Waals surface area contributed by atoms with E-state index in [0.717, 1.165) is 18.5 Å². The zero-order valence-electron chi connectivity index (χ0n) is 15.8. The highest BCUT2D eigenvalue weighted by molar-refractivity contribution is 7.88. The maximum atomic E-state index is 12.6. The lowest BCUT2D eigenvalue weighted by Gasteiger charge is -2.30. The summed E-state index contributed by atoms with van der Waals surface area (Å²) in [5.74, 6) is -0.0111. The molecule has 27 heavy (non-hydrogen) atoms. The van der Waals surface area contributed by atoms with Crippen molar-refractivity contribution in [3.8, 4) is 0 Å². The van der Waals surface area contributed by atoms with E-state index >= 15 is 0 Å². The van der Waals surface area contributed by atoms with E-state index in [9.17, 15) is 13.2 Å². The second kappa shape index (κ2) is 7.91. The second-order valence-corrected chi connectivity index (χ2v) is 8.79. The van der Waals surface area contributed by atoms with Gasteiger partial charge in [-0.1, -0.05) is 0 Å². The van der Waals surface area contributed by atoms with E-state index in [1.165, 1.54) is 10.6 Å². The van der Waals surface area contributed by atoms with Crippen molar-refractivity contribution in [3.05, 3.63) is 30.0 Å². The fourth-order valence-electron chi connectivity index (χ4n) is 3.40. The summed E-state index contributed by atoms with van der Waals surface area (Å²) in [4.78, 5) is 22.9. The highest BCUT2D eigenvalue weighted by Crippen LogP contribution is 2.29. The molecule has 1 aliphatic heterocycles. The van der Waals surface area contributed by atoms with Gasteiger partial charge in [0, 0.05) is 51.6 Å². The Labute approximate surface area is 159 Å². The molecule has 0 radical (unpaired) electrons. The van der Waals surface area contributed by atoms with Crippen molar-refractivity contribution >= 4 is 21.6 Å². The molecule has 1 aliphatic rings. The van der Waals surface area contributed by atoms with E-state index in [1.807, 2.05) is 10.5 Å². The average molecular weight is 395 g/mol. The predicted octanol–water partition coefficient (Wildman–Crippen LogP) is 0.587. The molecule has 0 spiro atoms. The molecule has 3 rings (SSSR count). The van der Waals surface area contributed by atoms with E-state index < -0.39 is 10.0 Å². The van der Waals surface area contributed by atoms with Crippen LogP contribution in [-0.4, -0.2) is 84.6 Å². The third-order valence-electron chi connectivity index (χ3n) is 4.98. The molecular weight excluding hydrogens is 370 g/mol. The lowest BCUT2D eigenvalue weighted by Crippen LogP contribution is -2.37. The van der Waals surface area contributed by atoms with Gasteiger partial charge in [-0.3, -0.25) is 9.20 Å². The van der Waals surface area contributed by atoms with Crippen molar-refractivity contribution < 1.29 is 17.9 Å². The SMILES string of the molecule is COCCN(C)C(=O)c1ncn2c(C3CCN(S(C)(=O)=O)CC3)ccnc12. The third kappa shape index (κ3) is 4.12. The van der Waals surface area contributed by atoms with Crippen LogP contribution in [0.1, 0.15) is 34.9 Å². The number of likely N-dealkylation sites (N-methyl/N-ethyl adjacent to an activating group) is 1. The van der Waals surface area contributed by atoms with Crippen LogP contribution in [0.3, 0.4) is 0 Å². The topological polar surface area (TPSA) is 97.1 Å². The van der Waals surface area contributed by atoms with Crippen molar-refractivity contribution in [1.82, 2.24) is 23.6 Å². The second-order valence-electron chi connectivity index (χ2n) is 6.81. The monoisotopic (exact) mass is 395 g/mol. The lowest BCUT2D eigenvalue weighted by molar-refractivity contribution is 0.0741. The molecule has 0 unspecified atom stereocenters. The van der Waals surface area contributed by atoms with Gasteiger partial charge in [-0.25, -0.2) is 22.7 Å². The number of methoxy groups -OCH3 is 1. The van der Waals surface area contributed by atoms with Crippen molar-refractivity contribution in [2.75, 3.05) is 46.7 Å². The van der Waals surface area contributed by atoms with Crippen molar-refractivity contribution in [2.24, 2.45) is 0 Å². The Hall–Kier alpha value is -2.04. The molecule has 148 valence electrons. The van der Waals surface area contributed by atoms with E-state index in [2.05, 4.69) is 9.97 Å². The standard InChI is InChI=1S/C17H25N5O4S/c1-20(10-11-26-2)17(23)15-16-18-7-4-14(22(16)12-19-15)13-5-8-21(9-6-13)27(3,24)25/h4,7,12-13H,5-6,8-11H2,1-3H3. The maximum Gasteiger partial charge on any atom is 0.276 e. The van der Waals surface area contributed by atoms with Crippen molar-refractivity contribution in [2.45, 2.75) is 18.8 Å². The number of carbonyl (C=O) groups is 1. The Morgan fingerprint density at radius 1 is 1.33 bits per heavy atom. The smallest absolute Gasteiger partial charge is 0.276 e. The first-order valence-electron chi connectivity index (χ1n) is 8.84. The largest absolute Gasteiger partial charge is 0.383 e. The van der Waals surface area contributed by atoms with Gasteiger partial charge in [0.15, 0.2) is 11.3 Å². The first-order valence-corrected chi connectivity index (χ1v) is 10.7. The van der Waals surface area contributed by atoms with Crippen LogP contribution in [-0.2, 0) is 14.8 Å². The number of rotatable bonds is 6. The van der Waals surface area contributed by atoms with Gasteiger partial charge in [-0.15, -0.1) is 0 Å². The van der Waals surface area contributed by atoms with E-state index in [1.54, 1.807) is 31.6 Å². The molecule has 0 saturated carbocycles. The number of ether oxygens (including phenoxy) is 1. The van der Waals surface area contributed by atoms with Crippen LogP contribution < -0.4 is 0 Å². The Bertz CT molecular complexity index is 919. The molecule has 2 aromatic rings. The predicted molar refractivity (Wildman–Crippen MR) is 100 cm³/mol. The minimum atomic E-state index is -3.16. The average Bonchev–Trinajstić information content (AvgIpc) is 3.09.